The Morgan fingerprint density at radius 2 is 2.21 bits per heavy atom. The maximum atomic E-state index is 12.0. The highest BCUT2D eigenvalue weighted by Crippen LogP contribution is 2.36. The Kier molecular flexibility index (Phi) is 4.03. The van der Waals surface area contributed by atoms with Gasteiger partial charge in [-0.3, -0.25) is 9.59 Å². The van der Waals surface area contributed by atoms with Crippen molar-refractivity contribution in [2.24, 2.45) is 0 Å². The summed E-state index contributed by atoms with van der Waals surface area (Å²) in [6.07, 6.45) is 0. The molecule has 1 saturated heterocycles. The third-order valence-corrected chi connectivity index (χ3v) is 5.25. The molecule has 0 atom stereocenters. The first-order valence-electron chi connectivity index (χ1n) is 7.26. The van der Waals surface area contributed by atoms with E-state index < -0.39 is 0 Å². The number of hydrogen-bond acceptors (Lipinski definition) is 7. The van der Waals surface area contributed by atoms with E-state index in [1.54, 1.807) is 0 Å². The molecule has 0 aliphatic carbocycles. The number of nitrogens with one attached hydrogen (secondary N) is 1. The third kappa shape index (κ3) is 3.04. The number of hydrogen-bond donors (Lipinski definition) is 1. The lowest BCUT2D eigenvalue weighted by atomic mass is 10.1. The Balaban J connectivity index is 1.43. The van der Waals surface area contributed by atoms with Crippen LogP contribution < -0.4 is 14.8 Å². The molecule has 2 aliphatic rings. The molecule has 7 nitrogen and oxygen atoms in total. The summed E-state index contributed by atoms with van der Waals surface area (Å²) in [6.45, 7) is 0.896. The number of fused-ring (bicyclic) bond motifs is 1. The topological polar surface area (TPSA) is 80.8 Å². The lowest BCUT2D eigenvalue weighted by molar-refractivity contribution is -0.116. The van der Waals surface area contributed by atoms with Gasteiger partial charge in [-0.15, -0.1) is 11.3 Å². The Morgan fingerprint density at radius 1 is 1.33 bits per heavy atom. The number of carbonyl (C=O) groups is 2. The summed E-state index contributed by atoms with van der Waals surface area (Å²) < 4.78 is 10.6. The van der Waals surface area contributed by atoms with E-state index >= 15 is 0 Å². The first-order chi connectivity index (χ1) is 11.7. The summed E-state index contributed by atoms with van der Waals surface area (Å²) in [5, 5.41) is 5.06. The number of benzene rings is 1. The molecule has 2 amide bonds. The zero-order chi connectivity index (χ0) is 16.5. The Bertz CT molecular complexity index is 808. The molecule has 1 fully saturated rings. The largest absolute Gasteiger partial charge is 0.454 e. The molecule has 0 radical (unpaired) electrons. The number of carbonyl (C=O) groups excluding carboxylic acids is 2. The minimum absolute atomic E-state index is 0.0506. The van der Waals surface area contributed by atoms with Gasteiger partial charge in [-0.25, -0.2) is 4.98 Å². The quantitative estimate of drug-likeness (QED) is 0.899. The standard InChI is InChI=1S/C15H13N3O4S2/c19-13(6-18-3-4-23-15(18)20)17-14-16-10(7-24-14)9-1-2-11-12(5-9)22-8-21-11/h1-2,5,7H,3-4,6,8H2,(H,16,17,19). The molecular weight excluding hydrogens is 350 g/mol. The minimum atomic E-state index is -0.238. The van der Waals surface area contributed by atoms with E-state index in [1.807, 2.05) is 23.6 Å². The Morgan fingerprint density at radius 3 is 3.04 bits per heavy atom. The number of rotatable bonds is 4. The predicted octanol–water partition coefficient (Wildman–Crippen LogP) is 2.65. The Labute approximate surface area is 146 Å². The van der Waals surface area contributed by atoms with Gasteiger partial charge in [0.1, 0.15) is 6.54 Å². The van der Waals surface area contributed by atoms with Crippen LogP contribution in [0.4, 0.5) is 9.93 Å². The molecule has 1 N–H and O–H groups in total. The van der Waals surface area contributed by atoms with Crippen molar-refractivity contribution in [2.75, 3.05) is 31.0 Å². The fourth-order valence-electron chi connectivity index (χ4n) is 2.42. The highest BCUT2D eigenvalue weighted by Gasteiger charge is 2.23. The molecule has 24 heavy (non-hydrogen) atoms. The van der Waals surface area contributed by atoms with Crippen LogP contribution in [0.3, 0.4) is 0 Å². The van der Waals surface area contributed by atoms with Gasteiger partial charge >= 0.3 is 0 Å². The molecule has 2 aromatic rings. The summed E-state index contributed by atoms with van der Waals surface area (Å²) in [7, 11) is 0. The average molecular weight is 363 g/mol. The second-order valence-corrected chi connectivity index (χ2v) is 7.09. The van der Waals surface area contributed by atoms with E-state index in [0.717, 1.165) is 22.8 Å². The van der Waals surface area contributed by atoms with Crippen molar-refractivity contribution in [3.05, 3.63) is 23.6 Å². The van der Waals surface area contributed by atoms with Crippen molar-refractivity contribution < 1.29 is 19.1 Å². The molecule has 0 saturated carbocycles. The summed E-state index contributed by atoms with van der Waals surface area (Å²) in [5.41, 5.74) is 1.64. The van der Waals surface area contributed by atoms with Gasteiger partial charge in [0, 0.05) is 23.2 Å². The summed E-state index contributed by atoms with van der Waals surface area (Å²) in [4.78, 5) is 29.5. The van der Waals surface area contributed by atoms with E-state index in [-0.39, 0.29) is 24.5 Å². The summed E-state index contributed by atoms with van der Waals surface area (Å²) >= 11 is 2.58. The van der Waals surface area contributed by atoms with Crippen LogP contribution in [0.25, 0.3) is 11.3 Å². The summed E-state index contributed by atoms with van der Waals surface area (Å²) in [5.74, 6) is 1.90. The number of thioether (sulfide) groups is 1. The minimum Gasteiger partial charge on any atom is -0.454 e. The molecule has 0 unspecified atom stereocenters. The van der Waals surface area contributed by atoms with Gasteiger partial charge in [-0.2, -0.15) is 0 Å². The van der Waals surface area contributed by atoms with Crippen molar-refractivity contribution in [2.45, 2.75) is 0 Å². The number of ether oxygens (including phenoxy) is 2. The molecule has 1 aromatic heterocycles. The summed E-state index contributed by atoms with van der Waals surface area (Å²) in [6, 6.07) is 5.60. The van der Waals surface area contributed by atoms with Crippen LogP contribution in [0.15, 0.2) is 23.6 Å². The van der Waals surface area contributed by atoms with Gasteiger partial charge in [0.2, 0.25) is 12.7 Å². The number of anilines is 1. The fourth-order valence-corrected chi connectivity index (χ4v) is 3.98. The van der Waals surface area contributed by atoms with Crippen molar-refractivity contribution in [1.82, 2.24) is 9.88 Å². The molecule has 124 valence electrons. The van der Waals surface area contributed by atoms with Gasteiger partial charge < -0.3 is 19.7 Å². The second-order valence-electron chi connectivity index (χ2n) is 5.19. The highest BCUT2D eigenvalue weighted by atomic mass is 32.2. The zero-order valence-corrected chi connectivity index (χ0v) is 14.1. The SMILES string of the molecule is O=C(CN1CCSC1=O)Nc1nc(-c2ccc3c(c2)OCO3)cs1. The number of aromatic nitrogens is 1. The van der Waals surface area contributed by atoms with Gasteiger partial charge in [0.25, 0.3) is 5.24 Å². The van der Waals surface area contributed by atoms with E-state index in [0.29, 0.717) is 17.4 Å². The normalized spacial score (nSPS) is 15.8. The van der Waals surface area contributed by atoms with Gasteiger partial charge in [0.15, 0.2) is 16.6 Å². The number of amides is 2. The lowest BCUT2D eigenvalue weighted by Gasteiger charge is -2.12. The lowest BCUT2D eigenvalue weighted by Crippen LogP contribution is -2.33. The van der Waals surface area contributed by atoms with Crippen molar-refractivity contribution in [1.29, 1.82) is 0 Å². The van der Waals surface area contributed by atoms with Crippen molar-refractivity contribution in [3.63, 3.8) is 0 Å². The smallest absolute Gasteiger partial charge is 0.282 e. The molecule has 1 aromatic carbocycles. The zero-order valence-electron chi connectivity index (χ0n) is 12.5. The van der Waals surface area contributed by atoms with Gasteiger partial charge in [-0.1, -0.05) is 11.8 Å². The van der Waals surface area contributed by atoms with E-state index in [2.05, 4.69) is 10.3 Å². The average Bonchev–Trinajstić information content (AvgIpc) is 3.28. The molecule has 0 bridgehead atoms. The molecule has 9 heteroatoms. The van der Waals surface area contributed by atoms with Crippen LogP contribution in [0.1, 0.15) is 0 Å². The molecule has 0 spiro atoms. The second kappa shape index (κ2) is 6.33. The Hall–Kier alpha value is -2.26. The van der Waals surface area contributed by atoms with E-state index in [1.165, 1.54) is 28.0 Å². The molecule has 4 rings (SSSR count). The predicted molar refractivity (Wildman–Crippen MR) is 91.7 cm³/mol. The van der Waals surface area contributed by atoms with Crippen LogP contribution in [-0.2, 0) is 4.79 Å². The van der Waals surface area contributed by atoms with E-state index in [4.69, 9.17) is 9.47 Å². The van der Waals surface area contributed by atoms with Crippen LogP contribution in [0, 0.1) is 0 Å². The van der Waals surface area contributed by atoms with Crippen LogP contribution in [0.5, 0.6) is 11.5 Å². The number of nitrogens with zero attached hydrogens (tertiary/aromatic N) is 2. The van der Waals surface area contributed by atoms with Crippen molar-refractivity contribution in [3.8, 4) is 22.8 Å². The molecule has 2 aliphatic heterocycles. The monoisotopic (exact) mass is 363 g/mol. The first-order valence-corrected chi connectivity index (χ1v) is 9.13. The van der Waals surface area contributed by atoms with Gasteiger partial charge in [-0.05, 0) is 18.2 Å². The number of thiazole rings is 1. The molecular formula is C15H13N3O4S2. The van der Waals surface area contributed by atoms with E-state index in [9.17, 15) is 9.59 Å². The first kappa shape index (κ1) is 15.3. The maximum absolute atomic E-state index is 12.0. The van der Waals surface area contributed by atoms with Crippen LogP contribution >= 0.6 is 23.1 Å². The highest BCUT2D eigenvalue weighted by molar-refractivity contribution is 8.13. The molecule has 3 heterocycles. The van der Waals surface area contributed by atoms with Gasteiger partial charge in [0.05, 0.1) is 5.69 Å². The van der Waals surface area contributed by atoms with Crippen molar-refractivity contribution >= 4 is 39.4 Å². The van der Waals surface area contributed by atoms with Crippen LogP contribution in [-0.4, -0.2) is 46.7 Å². The maximum Gasteiger partial charge on any atom is 0.282 e. The van der Waals surface area contributed by atoms with Crippen LogP contribution in [0.2, 0.25) is 0 Å². The third-order valence-electron chi connectivity index (χ3n) is 3.60. The fraction of sp³-hybridized carbons (Fsp3) is 0.267.